The number of nitrogens with one attached hydrogen (secondary N) is 2. The van der Waals surface area contributed by atoms with Gasteiger partial charge in [0.1, 0.15) is 11.6 Å². The van der Waals surface area contributed by atoms with E-state index < -0.39 is 48.2 Å². The zero-order chi connectivity index (χ0) is 24.4. The monoisotopic (exact) mass is 484 g/mol. The van der Waals surface area contributed by atoms with Gasteiger partial charge in [-0.15, -0.1) is 11.3 Å². The fraction of sp³-hybridized carbons (Fsp3) is 0.286. The van der Waals surface area contributed by atoms with Crippen molar-refractivity contribution < 1.29 is 32.3 Å². The third-order valence-electron chi connectivity index (χ3n) is 4.88. The molecule has 0 saturated carbocycles. The van der Waals surface area contributed by atoms with E-state index in [1.54, 1.807) is 6.92 Å². The zero-order valence-corrected chi connectivity index (χ0v) is 18.4. The Balaban J connectivity index is 1.67. The second-order valence-corrected chi connectivity index (χ2v) is 8.37. The Labute approximate surface area is 190 Å². The Morgan fingerprint density at radius 3 is 2.55 bits per heavy atom. The van der Waals surface area contributed by atoms with E-state index in [4.69, 9.17) is 0 Å². The number of benzene rings is 1. The number of aromatic nitrogens is 2. The molecule has 12 heteroatoms. The number of carbonyl (C=O) groups excluding carboxylic acids is 2. The Morgan fingerprint density at radius 1 is 1.21 bits per heavy atom. The molecule has 1 aromatic carbocycles. The van der Waals surface area contributed by atoms with Crippen molar-refractivity contribution in [3.8, 4) is 0 Å². The smallest absolute Gasteiger partial charge is 0.374 e. The van der Waals surface area contributed by atoms with Crippen LogP contribution < -0.4 is 10.6 Å². The number of alkyl halides is 3. The molecule has 1 atom stereocenters. The fourth-order valence-electron chi connectivity index (χ4n) is 3.16. The van der Waals surface area contributed by atoms with Crippen LogP contribution in [0.3, 0.4) is 0 Å². The summed E-state index contributed by atoms with van der Waals surface area (Å²) in [4.78, 5) is 28.6. The third kappa shape index (κ3) is 5.22. The van der Waals surface area contributed by atoms with Crippen LogP contribution in [0.4, 0.5) is 22.6 Å². The molecule has 0 fully saturated rings. The van der Waals surface area contributed by atoms with Crippen LogP contribution in [0.2, 0.25) is 0 Å². The van der Waals surface area contributed by atoms with E-state index in [-0.39, 0.29) is 10.4 Å². The number of carbonyl (C=O) groups is 2. The number of hydrogen-bond donors (Lipinski definition) is 3. The quantitative estimate of drug-likeness (QED) is 0.445. The van der Waals surface area contributed by atoms with E-state index in [1.807, 2.05) is 0 Å². The molecule has 0 aliphatic rings. The van der Waals surface area contributed by atoms with Crippen molar-refractivity contribution in [3.05, 3.63) is 70.4 Å². The van der Waals surface area contributed by atoms with E-state index in [9.17, 15) is 32.3 Å². The molecule has 0 spiro atoms. The first-order chi connectivity index (χ1) is 15.4. The van der Waals surface area contributed by atoms with Crippen molar-refractivity contribution in [1.82, 2.24) is 14.9 Å². The minimum absolute atomic E-state index is 0.0905. The fourth-order valence-corrected chi connectivity index (χ4v) is 4.15. The van der Waals surface area contributed by atoms with Gasteiger partial charge in [0.25, 0.3) is 11.8 Å². The second-order valence-electron chi connectivity index (χ2n) is 7.31. The van der Waals surface area contributed by atoms with Gasteiger partial charge in [0.15, 0.2) is 0 Å². The normalized spacial score (nSPS) is 13.4. The average molecular weight is 484 g/mol. The lowest BCUT2D eigenvalue weighted by Crippen LogP contribution is -2.46. The summed E-state index contributed by atoms with van der Waals surface area (Å²) in [6.45, 7) is 1.12. The zero-order valence-electron chi connectivity index (χ0n) is 17.5. The summed E-state index contributed by atoms with van der Waals surface area (Å²) < 4.78 is 55.1. The molecular formula is C21H20F4N4O3S. The van der Waals surface area contributed by atoms with Gasteiger partial charge in [-0.25, -0.2) is 9.37 Å². The standard InChI is InChI=1S/C21H20F4N4O3S/c1-12-10-15(28-17(30)13-4-3-5-14(22)11-13)33-16(12)18(31)26-7-6-20(32,21(23,24)25)19-27-8-9-29(19)2/h3-5,8-11,32H,6-7H2,1-2H3,(H,26,31)(H,28,30). The largest absolute Gasteiger partial charge is 0.424 e. The van der Waals surface area contributed by atoms with Crippen molar-refractivity contribution >= 4 is 28.2 Å². The molecule has 0 saturated heterocycles. The maximum Gasteiger partial charge on any atom is 0.424 e. The van der Waals surface area contributed by atoms with E-state index in [1.165, 1.54) is 37.5 Å². The third-order valence-corrected chi connectivity index (χ3v) is 6.03. The Hall–Kier alpha value is -3.25. The molecule has 2 aromatic heterocycles. The maximum absolute atomic E-state index is 13.6. The van der Waals surface area contributed by atoms with Gasteiger partial charge in [-0.3, -0.25) is 9.59 Å². The molecule has 2 heterocycles. The predicted octanol–water partition coefficient (Wildman–Crippen LogP) is 3.75. The summed E-state index contributed by atoms with van der Waals surface area (Å²) in [6.07, 6.45) is -3.44. The molecule has 0 aliphatic heterocycles. The molecule has 1 unspecified atom stereocenters. The highest BCUT2D eigenvalue weighted by atomic mass is 32.1. The number of hydrogen-bond acceptors (Lipinski definition) is 5. The average Bonchev–Trinajstić information content (AvgIpc) is 3.32. The number of amides is 2. The topological polar surface area (TPSA) is 96.2 Å². The number of anilines is 1. The van der Waals surface area contributed by atoms with Crippen LogP contribution in [0.15, 0.2) is 42.7 Å². The molecule has 176 valence electrons. The van der Waals surface area contributed by atoms with Crippen molar-refractivity contribution in [3.63, 3.8) is 0 Å². The summed E-state index contributed by atoms with van der Waals surface area (Å²) in [7, 11) is 1.33. The van der Waals surface area contributed by atoms with Gasteiger partial charge in [0.05, 0.1) is 9.88 Å². The lowest BCUT2D eigenvalue weighted by atomic mass is 9.97. The summed E-state index contributed by atoms with van der Waals surface area (Å²) >= 11 is 0.920. The number of imidazole rings is 1. The number of halogens is 4. The summed E-state index contributed by atoms with van der Waals surface area (Å²) in [6, 6.07) is 6.59. The predicted molar refractivity (Wildman–Crippen MR) is 114 cm³/mol. The van der Waals surface area contributed by atoms with Crippen LogP contribution in [-0.2, 0) is 12.6 Å². The highest BCUT2D eigenvalue weighted by Crippen LogP contribution is 2.40. The maximum atomic E-state index is 13.6. The molecule has 2 amide bonds. The minimum Gasteiger partial charge on any atom is -0.374 e. The van der Waals surface area contributed by atoms with E-state index in [0.29, 0.717) is 10.6 Å². The molecule has 0 radical (unpaired) electrons. The first kappa shape index (κ1) is 24.4. The first-order valence-corrected chi connectivity index (χ1v) is 10.5. The molecule has 7 nitrogen and oxygen atoms in total. The Kier molecular flexibility index (Phi) is 6.89. The van der Waals surface area contributed by atoms with E-state index in [2.05, 4.69) is 15.6 Å². The van der Waals surface area contributed by atoms with Gasteiger partial charge < -0.3 is 20.3 Å². The molecule has 33 heavy (non-hydrogen) atoms. The highest BCUT2D eigenvalue weighted by molar-refractivity contribution is 7.18. The van der Waals surface area contributed by atoms with E-state index >= 15 is 0 Å². The highest BCUT2D eigenvalue weighted by Gasteiger charge is 2.57. The van der Waals surface area contributed by atoms with Gasteiger partial charge in [0, 0.05) is 38.0 Å². The Bertz CT molecular complexity index is 1170. The minimum atomic E-state index is -5.01. The lowest BCUT2D eigenvalue weighted by Gasteiger charge is -2.29. The lowest BCUT2D eigenvalue weighted by molar-refractivity contribution is -0.272. The van der Waals surface area contributed by atoms with Gasteiger partial charge in [-0.05, 0) is 36.8 Å². The van der Waals surface area contributed by atoms with Gasteiger partial charge in [-0.2, -0.15) is 13.2 Å². The number of thiophene rings is 1. The number of aliphatic hydroxyl groups is 1. The molecule has 3 aromatic rings. The van der Waals surface area contributed by atoms with Crippen LogP contribution >= 0.6 is 11.3 Å². The van der Waals surface area contributed by atoms with Crippen molar-refractivity contribution in [2.45, 2.75) is 25.1 Å². The van der Waals surface area contributed by atoms with Gasteiger partial charge in [-0.1, -0.05) is 6.07 Å². The summed E-state index contributed by atoms with van der Waals surface area (Å²) in [5.41, 5.74) is -2.66. The number of rotatable bonds is 7. The molecule has 3 rings (SSSR count). The first-order valence-electron chi connectivity index (χ1n) is 9.65. The number of nitrogens with zero attached hydrogens (tertiary/aromatic N) is 2. The number of aryl methyl sites for hydroxylation is 2. The van der Waals surface area contributed by atoms with Crippen LogP contribution in [-0.4, -0.2) is 39.2 Å². The van der Waals surface area contributed by atoms with Crippen molar-refractivity contribution in [2.24, 2.45) is 7.05 Å². The van der Waals surface area contributed by atoms with E-state index in [0.717, 1.165) is 28.2 Å². The Morgan fingerprint density at radius 2 is 1.94 bits per heavy atom. The van der Waals surface area contributed by atoms with Gasteiger partial charge in [0.2, 0.25) is 5.60 Å². The van der Waals surface area contributed by atoms with Crippen LogP contribution in [0, 0.1) is 12.7 Å². The van der Waals surface area contributed by atoms with Crippen LogP contribution in [0.1, 0.15) is 37.8 Å². The molecule has 3 N–H and O–H groups in total. The molecule has 0 bridgehead atoms. The summed E-state index contributed by atoms with van der Waals surface area (Å²) in [5.74, 6) is -2.39. The van der Waals surface area contributed by atoms with Crippen LogP contribution in [0.25, 0.3) is 0 Å². The van der Waals surface area contributed by atoms with Crippen molar-refractivity contribution in [1.29, 1.82) is 0 Å². The van der Waals surface area contributed by atoms with Crippen molar-refractivity contribution in [2.75, 3.05) is 11.9 Å². The van der Waals surface area contributed by atoms with Crippen LogP contribution in [0.5, 0.6) is 0 Å². The second kappa shape index (κ2) is 9.32. The van der Waals surface area contributed by atoms with Gasteiger partial charge >= 0.3 is 6.18 Å². The summed E-state index contributed by atoms with van der Waals surface area (Å²) in [5, 5.41) is 15.6. The SMILES string of the molecule is Cc1cc(NC(=O)c2cccc(F)c2)sc1C(=O)NCCC(O)(c1nccn1C)C(F)(F)F. The molecular weight excluding hydrogens is 464 g/mol. The molecule has 0 aliphatic carbocycles.